The monoisotopic (exact) mass is 253 g/mol. The average molecular weight is 253 g/mol. The highest BCUT2D eigenvalue weighted by molar-refractivity contribution is 5.83. The predicted molar refractivity (Wildman–Crippen MR) is 73.5 cm³/mol. The van der Waals surface area contributed by atoms with Gasteiger partial charge in [0, 0.05) is 19.1 Å². The molecule has 2 aliphatic rings. The van der Waals surface area contributed by atoms with E-state index in [0.717, 1.165) is 58.3 Å². The topological polar surface area (TPSA) is 44.4 Å². The van der Waals surface area contributed by atoms with Crippen LogP contribution in [0, 0.1) is 5.41 Å². The molecule has 0 saturated carbocycles. The fraction of sp³-hybridized carbons (Fsp3) is 0.929. The Balaban J connectivity index is 1.95. The Hall–Kier alpha value is -0.610. The molecule has 104 valence electrons. The van der Waals surface area contributed by atoms with E-state index in [-0.39, 0.29) is 11.3 Å². The third-order valence-corrected chi connectivity index (χ3v) is 4.41. The zero-order valence-corrected chi connectivity index (χ0v) is 11.8. The maximum Gasteiger partial charge on any atom is 0.227 e. The molecule has 2 rings (SSSR count). The number of nitrogens with one attached hydrogen (secondary N) is 2. The van der Waals surface area contributed by atoms with Gasteiger partial charge in [-0.25, -0.2) is 0 Å². The van der Waals surface area contributed by atoms with E-state index in [1.807, 2.05) is 0 Å². The third-order valence-electron chi connectivity index (χ3n) is 4.41. The van der Waals surface area contributed by atoms with Crippen LogP contribution in [0.1, 0.15) is 39.0 Å². The number of likely N-dealkylation sites (tertiary alicyclic amines) is 1. The molecule has 4 heteroatoms. The van der Waals surface area contributed by atoms with Crippen LogP contribution in [0.3, 0.4) is 0 Å². The summed E-state index contributed by atoms with van der Waals surface area (Å²) >= 11 is 0. The van der Waals surface area contributed by atoms with Crippen LogP contribution in [-0.4, -0.2) is 50.1 Å². The van der Waals surface area contributed by atoms with Crippen molar-refractivity contribution < 1.29 is 4.79 Å². The molecule has 0 aromatic carbocycles. The average Bonchev–Trinajstić information content (AvgIpc) is 2.76. The van der Waals surface area contributed by atoms with Gasteiger partial charge >= 0.3 is 0 Å². The predicted octanol–water partition coefficient (Wildman–Crippen LogP) is 0.977. The van der Waals surface area contributed by atoms with E-state index in [1.54, 1.807) is 0 Å². The lowest BCUT2D eigenvalue weighted by Crippen LogP contribution is -2.53. The number of nitrogens with zero attached hydrogens (tertiary/aromatic N) is 1. The number of piperidine rings is 1. The Bertz CT molecular complexity index is 281. The summed E-state index contributed by atoms with van der Waals surface area (Å²) in [6, 6.07) is 0.359. The number of amides is 1. The van der Waals surface area contributed by atoms with E-state index in [2.05, 4.69) is 29.5 Å². The molecule has 2 fully saturated rings. The van der Waals surface area contributed by atoms with Crippen molar-refractivity contribution in [3.8, 4) is 0 Å². The van der Waals surface area contributed by atoms with Gasteiger partial charge in [0.15, 0.2) is 0 Å². The summed E-state index contributed by atoms with van der Waals surface area (Å²) in [6.45, 7) is 6.19. The van der Waals surface area contributed by atoms with Gasteiger partial charge in [-0.2, -0.15) is 0 Å². The maximum atomic E-state index is 12.6. The lowest BCUT2D eigenvalue weighted by molar-refractivity contribution is -0.133. The highest BCUT2D eigenvalue weighted by atomic mass is 16.2. The smallest absolute Gasteiger partial charge is 0.227 e. The number of carbonyl (C=O) groups is 1. The molecule has 4 nitrogen and oxygen atoms in total. The minimum Gasteiger partial charge on any atom is -0.352 e. The van der Waals surface area contributed by atoms with Gasteiger partial charge in [-0.1, -0.05) is 13.3 Å². The summed E-state index contributed by atoms with van der Waals surface area (Å²) in [5.74, 6) is 0.289. The highest BCUT2D eigenvalue weighted by Gasteiger charge is 2.39. The van der Waals surface area contributed by atoms with Gasteiger partial charge < -0.3 is 15.5 Å². The molecule has 2 aliphatic heterocycles. The van der Waals surface area contributed by atoms with Crippen molar-refractivity contribution in [3.63, 3.8) is 0 Å². The number of carbonyl (C=O) groups excluding carboxylic acids is 1. The molecule has 2 heterocycles. The molecule has 2 atom stereocenters. The van der Waals surface area contributed by atoms with Crippen LogP contribution in [-0.2, 0) is 4.79 Å². The normalized spacial score (nSPS) is 33.6. The van der Waals surface area contributed by atoms with Gasteiger partial charge in [0.25, 0.3) is 0 Å². The van der Waals surface area contributed by atoms with Gasteiger partial charge in [-0.05, 0) is 45.8 Å². The molecule has 0 aliphatic carbocycles. The maximum absolute atomic E-state index is 12.6. The summed E-state index contributed by atoms with van der Waals surface area (Å²) in [5, 5.41) is 6.69. The van der Waals surface area contributed by atoms with Gasteiger partial charge in [0.2, 0.25) is 5.91 Å². The summed E-state index contributed by atoms with van der Waals surface area (Å²) in [4.78, 5) is 14.9. The first-order valence-electron chi connectivity index (χ1n) is 7.36. The van der Waals surface area contributed by atoms with E-state index in [1.165, 1.54) is 0 Å². The first-order chi connectivity index (χ1) is 8.66. The molecule has 0 spiro atoms. The Morgan fingerprint density at radius 2 is 2.39 bits per heavy atom. The molecular weight excluding hydrogens is 226 g/mol. The second-order valence-corrected chi connectivity index (χ2v) is 6.03. The second kappa shape index (κ2) is 6.02. The van der Waals surface area contributed by atoms with Crippen molar-refractivity contribution in [1.29, 1.82) is 0 Å². The number of likely N-dealkylation sites (N-methyl/N-ethyl adjacent to an activating group) is 1. The lowest BCUT2D eigenvalue weighted by Gasteiger charge is -2.37. The van der Waals surface area contributed by atoms with Gasteiger partial charge in [0.05, 0.1) is 5.41 Å². The first-order valence-corrected chi connectivity index (χ1v) is 7.36. The Morgan fingerprint density at radius 1 is 1.56 bits per heavy atom. The van der Waals surface area contributed by atoms with Crippen LogP contribution in [0.2, 0.25) is 0 Å². The lowest BCUT2D eigenvalue weighted by atomic mass is 9.76. The number of hydrogen-bond acceptors (Lipinski definition) is 3. The minimum atomic E-state index is -0.145. The zero-order chi connectivity index (χ0) is 13.0. The summed E-state index contributed by atoms with van der Waals surface area (Å²) < 4.78 is 0. The van der Waals surface area contributed by atoms with Crippen molar-refractivity contribution in [1.82, 2.24) is 15.5 Å². The number of hydrogen-bond donors (Lipinski definition) is 2. The molecule has 2 saturated heterocycles. The molecule has 0 bridgehead atoms. The SMILES string of the molecule is CCCC1(C(=O)NC2CCN(C)C2)CCCNC1. The van der Waals surface area contributed by atoms with E-state index in [9.17, 15) is 4.79 Å². The molecule has 0 aromatic heterocycles. The molecule has 0 radical (unpaired) electrons. The van der Waals surface area contributed by atoms with Crippen LogP contribution in [0.4, 0.5) is 0 Å². The van der Waals surface area contributed by atoms with Crippen LogP contribution < -0.4 is 10.6 Å². The first kappa shape index (κ1) is 13.8. The summed E-state index contributed by atoms with van der Waals surface area (Å²) in [7, 11) is 2.12. The summed E-state index contributed by atoms with van der Waals surface area (Å²) in [5.41, 5.74) is -0.145. The fourth-order valence-electron chi connectivity index (χ4n) is 3.36. The van der Waals surface area contributed by atoms with Crippen LogP contribution in [0.5, 0.6) is 0 Å². The van der Waals surface area contributed by atoms with Gasteiger partial charge in [-0.15, -0.1) is 0 Å². The van der Waals surface area contributed by atoms with Crippen molar-refractivity contribution in [2.24, 2.45) is 5.41 Å². The highest BCUT2D eigenvalue weighted by Crippen LogP contribution is 2.32. The van der Waals surface area contributed by atoms with Crippen molar-refractivity contribution in [2.45, 2.75) is 45.1 Å². The van der Waals surface area contributed by atoms with E-state index < -0.39 is 0 Å². The van der Waals surface area contributed by atoms with Crippen molar-refractivity contribution in [2.75, 3.05) is 33.2 Å². The summed E-state index contributed by atoms with van der Waals surface area (Å²) in [6.07, 6.45) is 5.35. The van der Waals surface area contributed by atoms with Crippen LogP contribution in [0.15, 0.2) is 0 Å². The fourth-order valence-corrected chi connectivity index (χ4v) is 3.36. The molecular formula is C14H27N3O. The molecule has 2 N–H and O–H groups in total. The van der Waals surface area contributed by atoms with E-state index in [4.69, 9.17) is 0 Å². The van der Waals surface area contributed by atoms with E-state index in [0.29, 0.717) is 6.04 Å². The van der Waals surface area contributed by atoms with E-state index >= 15 is 0 Å². The van der Waals surface area contributed by atoms with Crippen LogP contribution in [0.25, 0.3) is 0 Å². The Kier molecular flexibility index (Phi) is 4.62. The zero-order valence-electron chi connectivity index (χ0n) is 11.8. The van der Waals surface area contributed by atoms with Gasteiger partial charge in [-0.3, -0.25) is 4.79 Å². The number of rotatable bonds is 4. The standard InChI is InChI=1S/C14H27N3O/c1-3-6-14(7-4-8-15-11-14)13(18)16-12-5-9-17(2)10-12/h12,15H,3-11H2,1-2H3,(H,16,18). The molecule has 0 aromatic rings. The quantitative estimate of drug-likeness (QED) is 0.785. The Labute approximate surface area is 110 Å². The second-order valence-electron chi connectivity index (χ2n) is 6.03. The van der Waals surface area contributed by atoms with Gasteiger partial charge in [0.1, 0.15) is 0 Å². The third kappa shape index (κ3) is 3.04. The minimum absolute atomic E-state index is 0.145. The molecule has 2 unspecified atom stereocenters. The van der Waals surface area contributed by atoms with Crippen LogP contribution >= 0.6 is 0 Å². The van der Waals surface area contributed by atoms with Crippen molar-refractivity contribution in [3.05, 3.63) is 0 Å². The molecule has 1 amide bonds. The Morgan fingerprint density at radius 3 is 2.94 bits per heavy atom. The largest absolute Gasteiger partial charge is 0.352 e. The van der Waals surface area contributed by atoms with Crippen molar-refractivity contribution >= 4 is 5.91 Å². The molecule has 18 heavy (non-hydrogen) atoms.